The molecule has 0 aliphatic heterocycles. The molecule has 1 heterocycles. The van der Waals surface area contributed by atoms with Crippen LogP contribution in [-0.4, -0.2) is 47.6 Å². The van der Waals surface area contributed by atoms with Gasteiger partial charge in [0.2, 0.25) is 0 Å². The number of aromatic carboxylic acids is 1. The first-order valence-corrected chi connectivity index (χ1v) is 5.39. The van der Waals surface area contributed by atoms with Gasteiger partial charge >= 0.3 is 5.97 Å². The summed E-state index contributed by atoms with van der Waals surface area (Å²) in [5.41, 5.74) is -0.0517. The molecule has 0 radical (unpaired) electrons. The van der Waals surface area contributed by atoms with Gasteiger partial charge in [0.15, 0.2) is 11.5 Å². The molecule has 0 aliphatic rings. The molecule has 0 fully saturated rings. The molecule has 1 N–H and O–H groups in total. The molecule has 0 bridgehead atoms. The molecule has 0 aliphatic carbocycles. The van der Waals surface area contributed by atoms with Gasteiger partial charge in [0.1, 0.15) is 0 Å². The molecule has 0 atom stereocenters. The lowest BCUT2D eigenvalue weighted by Crippen LogP contribution is -2.34. The van der Waals surface area contributed by atoms with Crippen LogP contribution in [0.15, 0.2) is 12.1 Å². The third-order valence-corrected chi connectivity index (χ3v) is 2.32. The first kappa shape index (κ1) is 13.4. The van der Waals surface area contributed by atoms with E-state index in [9.17, 15) is 4.79 Å². The van der Waals surface area contributed by atoms with Gasteiger partial charge in [0.25, 0.3) is 0 Å². The van der Waals surface area contributed by atoms with Crippen LogP contribution in [0.1, 0.15) is 24.3 Å². The molecular weight excluding hydrogens is 222 g/mol. The second-order valence-electron chi connectivity index (χ2n) is 3.86. The van der Waals surface area contributed by atoms with Crippen LogP contribution in [0.3, 0.4) is 0 Å². The highest BCUT2D eigenvalue weighted by Gasteiger charge is 2.13. The minimum atomic E-state index is -1.07. The Balaban J connectivity index is 2.83. The van der Waals surface area contributed by atoms with Crippen molar-refractivity contribution in [2.45, 2.75) is 19.9 Å². The van der Waals surface area contributed by atoms with Gasteiger partial charge in [0.05, 0.1) is 6.61 Å². The maximum Gasteiger partial charge on any atom is 0.356 e. The fourth-order valence-electron chi connectivity index (χ4n) is 1.42. The van der Waals surface area contributed by atoms with E-state index in [4.69, 9.17) is 9.84 Å². The maximum atomic E-state index is 10.7. The molecule has 0 spiro atoms. The summed E-state index contributed by atoms with van der Waals surface area (Å²) in [6, 6.07) is 3.36. The maximum absolute atomic E-state index is 10.7. The monoisotopic (exact) mass is 239 g/mol. The van der Waals surface area contributed by atoms with Crippen molar-refractivity contribution in [1.29, 1.82) is 0 Å². The van der Waals surface area contributed by atoms with Crippen LogP contribution < -0.4 is 4.90 Å². The van der Waals surface area contributed by atoms with Crippen molar-refractivity contribution >= 4 is 11.8 Å². The number of aromatic nitrogens is 2. The molecule has 0 saturated heterocycles. The average molecular weight is 239 g/mol. The Hall–Kier alpha value is -1.69. The molecule has 0 aromatic carbocycles. The number of carbonyl (C=O) groups is 1. The lowest BCUT2D eigenvalue weighted by molar-refractivity contribution is 0.0689. The lowest BCUT2D eigenvalue weighted by Gasteiger charge is -2.26. The van der Waals surface area contributed by atoms with E-state index in [0.717, 1.165) is 0 Å². The van der Waals surface area contributed by atoms with E-state index in [1.807, 2.05) is 18.7 Å². The van der Waals surface area contributed by atoms with E-state index < -0.39 is 5.97 Å². The Morgan fingerprint density at radius 1 is 1.47 bits per heavy atom. The van der Waals surface area contributed by atoms with Gasteiger partial charge in [-0.25, -0.2) is 4.79 Å². The summed E-state index contributed by atoms with van der Waals surface area (Å²) < 4.78 is 5.02. The first-order chi connectivity index (χ1) is 8.06. The number of methoxy groups -OCH3 is 1. The number of rotatable bonds is 6. The summed E-state index contributed by atoms with van der Waals surface area (Å²) in [4.78, 5) is 12.7. The van der Waals surface area contributed by atoms with Crippen LogP contribution in [0, 0.1) is 0 Å². The molecule has 0 unspecified atom stereocenters. The normalized spacial score (nSPS) is 10.6. The number of anilines is 1. The molecule has 6 heteroatoms. The second kappa shape index (κ2) is 6.15. The lowest BCUT2D eigenvalue weighted by atomic mass is 10.3. The summed E-state index contributed by atoms with van der Waals surface area (Å²) in [6.07, 6.45) is 0. The van der Waals surface area contributed by atoms with Crippen molar-refractivity contribution in [3.63, 3.8) is 0 Å². The molecule has 94 valence electrons. The molecule has 0 saturated carbocycles. The van der Waals surface area contributed by atoms with E-state index in [-0.39, 0.29) is 11.7 Å². The quantitative estimate of drug-likeness (QED) is 0.799. The van der Waals surface area contributed by atoms with Crippen LogP contribution in [-0.2, 0) is 4.74 Å². The Kier molecular flexibility index (Phi) is 4.84. The Morgan fingerprint density at radius 2 is 2.18 bits per heavy atom. The molecule has 1 aromatic heterocycles. The van der Waals surface area contributed by atoms with Crippen molar-refractivity contribution in [3.05, 3.63) is 17.8 Å². The van der Waals surface area contributed by atoms with Crippen molar-refractivity contribution in [3.8, 4) is 0 Å². The molecule has 1 rings (SSSR count). The third-order valence-electron chi connectivity index (χ3n) is 2.32. The van der Waals surface area contributed by atoms with Crippen LogP contribution in [0.2, 0.25) is 0 Å². The highest BCUT2D eigenvalue weighted by Crippen LogP contribution is 2.12. The van der Waals surface area contributed by atoms with Gasteiger partial charge in [-0.05, 0) is 26.0 Å². The van der Waals surface area contributed by atoms with Crippen molar-refractivity contribution < 1.29 is 14.6 Å². The summed E-state index contributed by atoms with van der Waals surface area (Å²) in [6.45, 7) is 5.33. The molecule has 17 heavy (non-hydrogen) atoms. The van der Waals surface area contributed by atoms with Crippen molar-refractivity contribution in [2.75, 3.05) is 25.2 Å². The largest absolute Gasteiger partial charge is 0.476 e. The Bertz CT molecular complexity index is 365. The highest BCUT2D eigenvalue weighted by molar-refractivity contribution is 5.85. The second-order valence-corrected chi connectivity index (χ2v) is 3.86. The number of hydrogen-bond donors (Lipinski definition) is 1. The summed E-state index contributed by atoms with van der Waals surface area (Å²) >= 11 is 0. The fourth-order valence-corrected chi connectivity index (χ4v) is 1.42. The van der Waals surface area contributed by atoms with Gasteiger partial charge in [0, 0.05) is 19.7 Å². The standard InChI is InChI=1S/C11H17N3O3/c1-8(2)14(6-7-17-3)10-5-4-9(11(15)16)12-13-10/h4-5,8H,6-7H2,1-3H3,(H,15,16). The summed E-state index contributed by atoms with van der Waals surface area (Å²) in [5, 5.41) is 16.3. The summed E-state index contributed by atoms with van der Waals surface area (Å²) in [5.74, 6) is -0.418. The fraction of sp³-hybridized carbons (Fsp3) is 0.545. The molecule has 0 amide bonds. The molecule has 1 aromatic rings. The zero-order valence-corrected chi connectivity index (χ0v) is 10.3. The number of hydrogen-bond acceptors (Lipinski definition) is 5. The highest BCUT2D eigenvalue weighted by atomic mass is 16.5. The van der Waals surface area contributed by atoms with Gasteiger partial charge in [-0.1, -0.05) is 0 Å². The van der Waals surface area contributed by atoms with Gasteiger partial charge < -0.3 is 14.7 Å². The van der Waals surface area contributed by atoms with E-state index in [2.05, 4.69) is 10.2 Å². The van der Waals surface area contributed by atoms with E-state index in [1.54, 1.807) is 13.2 Å². The van der Waals surface area contributed by atoms with Crippen LogP contribution in [0.4, 0.5) is 5.82 Å². The SMILES string of the molecule is COCCN(c1ccc(C(=O)O)nn1)C(C)C. The van der Waals surface area contributed by atoms with Crippen molar-refractivity contribution in [1.82, 2.24) is 10.2 Å². The Morgan fingerprint density at radius 3 is 2.59 bits per heavy atom. The number of carboxylic acid groups (broad SMARTS) is 1. The van der Waals surface area contributed by atoms with Gasteiger partial charge in [-0.15, -0.1) is 10.2 Å². The van der Waals surface area contributed by atoms with Crippen LogP contribution >= 0.6 is 0 Å². The van der Waals surface area contributed by atoms with Gasteiger partial charge in [-0.2, -0.15) is 0 Å². The molecular formula is C11H17N3O3. The smallest absolute Gasteiger partial charge is 0.356 e. The topological polar surface area (TPSA) is 75.5 Å². The predicted octanol–water partition coefficient (Wildman–Crippen LogP) is 1.04. The van der Waals surface area contributed by atoms with E-state index in [1.165, 1.54) is 6.07 Å². The number of nitrogens with zero attached hydrogens (tertiary/aromatic N) is 3. The third kappa shape index (κ3) is 3.67. The molecule has 6 nitrogen and oxygen atoms in total. The van der Waals surface area contributed by atoms with Crippen LogP contribution in [0.25, 0.3) is 0 Å². The first-order valence-electron chi connectivity index (χ1n) is 5.39. The van der Waals surface area contributed by atoms with Gasteiger partial charge in [-0.3, -0.25) is 0 Å². The number of ether oxygens (including phenoxy) is 1. The average Bonchev–Trinajstić information content (AvgIpc) is 2.29. The van der Waals surface area contributed by atoms with Crippen molar-refractivity contribution in [2.24, 2.45) is 0 Å². The zero-order chi connectivity index (χ0) is 12.8. The minimum Gasteiger partial charge on any atom is -0.476 e. The summed E-state index contributed by atoms with van der Waals surface area (Å²) in [7, 11) is 1.64. The van der Waals surface area contributed by atoms with E-state index in [0.29, 0.717) is 19.0 Å². The Labute approximate surface area is 100 Å². The van der Waals surface area contributed by atoms with E-state index >= 15 is 0 Å². The zero-order valence-electron chi connectivity index (χ0n) is 10.3. The predicted molar refractivity (Wildman–Crippen MR) is 63.3 cm³/mol. The minimum absolute atomic E-state index is 0.0517. The van der Waals surface area contributed by atoms with Crippen LogP contribution in [0.5, 0.6) is 0 Å². The number of carboxylic acids is 1.